The summed E-state index contributed by atoms with van der Waals surface area (Å²) >= 11 is 0. The molecule has 0 atom stereocenters. The molecule has 0 bridgehead atoms. The second-order valence-electron chi connectivity index (χ2n) is 3.51. The number of amides is 1. The van der Waals surface area contributed by atoms with Gasteiger partial charge in [0, 0.05) is 12.5 Å². The highest BCUT2D eigenvalue weighted by Crippen LogP contribution is 2.31. The molecule has 0 aromatic heterocycles. The lowest BCUT2D eigenvalue weighted by Gasteiger charge is -2.40. The van der Waals surface area contributed by atoms with Crippen LogP contribution in [0.15, 0.2) is 0 Å². The average molecular weight is 187 g/mol. The largest absolute Gasteiger partial charge is 0.380 e. The van der Waals surface area contributed by atoms with Crippen LogP contribution >= 0.6 is 0 Å². The number of carbonyl (C=O) groups is 1. The van der Waals surface area contributed by atoms with Gasteiger partial charge in [-0.3, -0.25) is 4.79 Å². The van der Waals surface area contributed by atoms with E-state index in [1.165, 1.54) is 0 Å². The molecule has 4 nitrogen and oxygen atoms in total. The lowest BCUT2D eigenvalue weighted by Crippen LogP contribution is -2.46. The van der Waals surface area contributed by atoms with E-state index in [1.54, 1.807) is 7.05 Å². The Kier molecular flexibility index (Phi) is 3.69. The maximum absolute atomic E-state index is 10.8. The minimum absolute atomic E-state index is 0.0773. The molecule has 1 aliphatic heterocycles. The Balaban J connectivity index is 2.14. The van der Waals surface area contributed by atoms with Crippen molar-refractivity contribution < 1.29 is 14.3 Å². The normalized spacial score (nSPS) is 19.2. The van der Waals surface area contributed by atoms with Crippen molar-refractivity contribution >= 4 is 5.91 Å². The summed E-state index contributed by atoms with van der Waals surface area (Å²) in [7, 11) is 1.60. The van der Waals surface area contributed by atoms with Crippen molar-refractivity contribution in [2.75, 3.05) is 33.5 Å². The summed E-state index contributed by atoms with van der Waals surface area (Å²) in [4.78, 5) is 10.8. The quantitative estimate of drug-likeness (QED) is 0.667. The molecule has 0 aliphatic carbocycles. The Morgan fingerprint density at radius 2 is 2.31 bits per heavy atom. The fourth-order valence-corrected chi connectivity index (χ4v) is 1.21. The fraction of sp³-hybridized carbons (Fsp3) is 0.889. The molecular formula is C9H17NO3. The van der Waals surface area contributed by atoms with Gasteiger partial charge in [0.2, 0.25) is 5.91 Å². The summed E-state index contributed by atoms with van der Waals surface area (Å²) in [6, 6.07) is 0. The summed E-state index contributed by atoms with van der Waals surface area (Å²) in [6.07, 6.45) is 1.04. The topological polar surface area (TPSA) is 47.6 Å². The first-order valence-corrected chi connectivity index (χ1v) is 4.58. The van der Waals surface area contributed by atoms with Crippen molar-refractivity contribution in [2.24, 2.45) is 5.41 Å². The van der Waals surface area contributed by atoms with Crippen LogP contribution in [-0.4, -0.2) is 39.4 Å². The molecule has 1 N–H and O–H groups in total. The molecule has 1 amide bonds. The van der Waals surface area contributed by atoms with Crippen LogP contribution in [0, 0.1) is 5.41 Å². The molecule has 1 fully saturated rings. The average Bonchev–Trinajstić information content (AvgIpc) is 2.09. The minimum Gasteiger partial charge on any atom is -0.380 e. The highest BCUT2D eigenvalue weighted by molar-refractivity contribution is 5.76. The molecule has 4 heteroatoms. The van der Waals surface area contributed by atoms with E-state index in [-0.39, 0.29) is 17.9 Å². The Morgan fingerprint density at radius 3 is 2.69 bits per heavy atom. The predicted molar refractivity (Wildman–Crippen MR) is 48.4 cm³/mol. The second-order valence-corrected chi connectivity index (χ2v) is 3.51. The highest BCUT2D eigenvalue weighted by atomic mass is 16.5. The third kappa shape index (κ3) is 2.67. The van der Waals surface area contributed by atoms with Gasteiger partial charge in [0.05, 0.1) is 19.8 Å². The van der Waals surface area contributed by atoms with Crippen molar-refractivity contribution in [3.63, 3.8) is 0 Å². The second kappa shape index (κ2) is 4.58. The summed E-state index contributed by atoms with van der Waals surface area (Å²) in [5.74, 6) is -0.0773. The number of likely N-dealkylation sites (N-methyl/N-ethyl adjacent to an activating group) is 1. The van der Waals surface area contributed by atoms with Gasteiger partial charge >= 0.3 is 0 Å². The van der Waals surface area contributed by atoms with Crippen molar-refractivity contribution in [2.45, 2.75) is 13.3 Å². The number of hydrogen-bond donors (Lipinski definition) is 1. The van der Waals surface area contributed by atoms with Crippen LogP contribution in [0.25, 0.3) is 0 Å². The summed E-state index contributed by atoms with van der Waals surface area (Å²) in [6.45, 7) is 4.41. The van der Waals surface area contributed by atoms with Crippen LogP contribution in [0.3, 0.4) is 0 Å². The van der Waals surface area contributed by atoms with Crippen LogP contribution in [0.4, 0.5) is 0 Å². The van der Waals surface area contributed by atoms with Gasteiger partial charge in [-0.25, -0.2) is 0 Å². The molecular weight excluding hydrogens is 170 g/mol. The van der Waals surface area contributed by atoms with Crippen molar-refractivity contribution in [3.05, 3.63) is 0 Å². The van der Waals surface area contributed by atoms with Crippen LogP contribution in [0.5, 0.6) is 0 Å². The molecule has 0 unspecified atom stereocenters. The minimum atomic E-state index is -0.0773. The van der Waals surface area contributed by atoms with Crippen LogP contribution in [0.1, 0.15) is 13.3 Å². The van der Waals surface area contributed by atoms with Gasteiger partial charge in [0.25, 0.3) is 0 Å². The highest BCUT2D eigenvalue weighted by Gasteiger charge is 2.37. The third-order valence-electron chi connectivity index (χ3n) is 2.49. The third-order valence-corrected chi connectivity index (χ3v) is 2.49. The maximum atomic E-state index is 10.8. The van der Waals surface area contributed by atoms with E-state index in [4.69, 9.17) is 9.47 Å². The number of ether oxygens (including phenoxy) is 2. The van der Waals surface area contributed by atoms with E-state index in [0.717, 1.165) is 19.6 Å². The number of rotatable bonds is 5. The zero-order valence-corrected chi connectivity index (χ0v) is 8.26. The van der Waals surface area contributed by atoms with Crippen LogP contribution < -0.4 is 5.32 Å². The smallest absolute Gasteiger partial charge is 0.245 e. The molecule has 76 valence electrons. The number of hydrogen-bond acceptors (Lipinski definition) is 3. The lowest BCUT2D eigenvalue weighted by molar-refractivity contribution is -0.155. The standard InChI is InChI=1S/C9H17NO3/c1-3-9(6-13-7-9)5-12-4-8(11)10-2/h3-7H2,1-2H3,(H,10,11). The van der Waals surface area contributed by atoms with E-state index in [0.29, 0.717) is 6.61 Å². The summed E-state index contributed by atoms with van der Waals surface area (Å²) in [5, 5.41) is 2.51. The zero-order chi connectivity index (χ0) is 9.73. The first-order valence-electron chi connectivity index (χ1n) is 4.58. The van der Waals surface area contributed by atoms with Crippen molar-refractivity contribution in [1.29, 1.82) is 0 Å². The van der Waals surface area contributed by atoms with E-state index >= 15 is 0 Å². The van der Waals surface area contributed by atoms with E-state index in [2.05, 4.69) is 12.2 Å². The van der Waals surface area contributed by atoms with Crippen molar-refractivity contribution in [3.8, 4) is 0 Å². The van der Waals surface area contributed by atoms with E-state index < -0.39 is 0 Å². The molecule has 0 radical (unpaired) electrons. The summed E-state index contributed by atoms with van der Waals surface area (Å²) < 4.78 is 10.4. The van der Waals surface area contributed by atoms with Gasteiger partial charge in [0.1, 0.15) is 6.61 Å². The fourth-order valence-electron chi connectivity index (χ4n) is 1.21. The van der Waals surface area contributed by atoms with Crippen molar-refractivity contribution in [1.82, 2.24) is 5.32 Å². The monoisotopic (exact) mass is 187 g/mol. The molecule has 1 rings (SSSR count). The lowest BCUT2D eigenvalue weighted by atomic mass is 9.84. The molecule has 13 heavy (non-hydrogen) atoms. The molecule has 1 heterocycles. The van der Waals surface area contributed by atoms with Gasteiger partial charge in [-0.1, -0.05) is 6.92 Å². The first-order chi connectivity index (χ1) is 6.22. The van der Waals surface area contributed by atoms with Crippen LogP contribution in [-0.2, 0) is 14.3 Å². The van der Waals surface area contributed by atoms with Gasteiger partial charge < -0.3 is 14.8 Å². The molecule has 0 saturated carbocycles. The maximum Gasteiger partial charge on any atom is 0.245 e. The van der Waals surface area contributed by atoms with Gasteiger partial charge in [-0.15, -0.1) is 0 Å². The van der Waals surface area contributed by atoms with E-state index in [1.807, 2.05) is 0 Å². The Labute approximate surface area is 78.6 Å². The molecule has 0 spiro atoms. The zero-order valence-electron chi connectivity index (χ0n) is 8.26. The van der Waals surface area contributed by atoms with Gasteiger partial charge in [-0.05, 0) is 6.42 Å². The molecule has 0 aromatic carbocycles. The van der Waals surface area contributed by atoms with Crippen LogP contribution in [0.2, 0.25) is 0 Å². The van der Waals surface area contributed by atoms with Gasteiger partial charge in [0.15, 0.2) is 0 Å². The number of carbonyl (C=O) groups excluding carboxylic acids is 1. The number of nitrogens with one attached hydrogen (secondary N) is 1. The van der Waals surface area contributed by atoms with E-state index in [9.17, 15) is 4.79 Å². The molecule has 0 aromatic rings. The SMILES string of the molecule is CCC1(COCC(=O)NC)COC1. The Hall–Kier alpha value is -0.610. The predicted octanol–water partition coefficient (Wildman–Crippen LogP) is 0.176. The Bertz CT molecular complexity index is 172. The molecule has 1 aliphatic rings. The Morgan fingerprint density at radius 1 is 1.62 bits per heavy atom. The summed E-state index contributed by atoms with van der Waals surface area (Å²) in [5.41, 5.74) is 0.175. The molecule has 1 saturated heterocycles. The first kappa shape index (κ1) is 10.5. The van der Waals surface area contributed by atoms with Gasteiger partial charge in [-0.2, -0.15) is 0 Å².